The second-order valence-electron chi connectivity index (χ2n) is 3.52. The maximum Gasteiger partial charge on any atom is 0.138 e. The van der Waals surface area contributed by atoms with Gasteiger partial charge in [0.2, 0.25) is 0 Å². The Morgan fingerprint density at radius 1 is 1.47 bits per heavy atom. The van der Waals surface area contributed by atoms with E-state index >= 15 is 0 Å². The Kier molecular flexibility index (Phi) is 4.78. The molecule has 4 heteroatoms. The van der Waals surface area contributed by atoms with Crippen LogP contribution in [0.5, 0.6) is 5.75 Å². The van der Waals surface area contributed by atoms with Gasteiger partial charge in [-0.1, -0.05) is 6.07 Å². The fraction of sp³-hybridized carbons (Fsp3) is 0.364. The van der Waals surface area contributed by atoms with Gasteiger partial charge in [0.1, 0.15) is 5.75 Å². The van der Waals surface area contributed by atoms with Crippen molar-refractivity contribution in [1.82, 2.24) is 4.90 Å². The summed E-state index contributed by atoms with van der Waals surface area (Å²) >= 11 is 3.26. The van der Waals surface area contributed by atoms with Gasteiger partial charge in [-0.15, -0.1) is 0 Å². The number of rotatable bonds is 4. The Morgan fingerprint density at radius 3 is 2.87 bits per heavy atom. The van der Waals surface area contributed by atoms with Crippen molar-refractivity contribution in [2.75, 3.05) is 27.2 Å². The molecule has 1 N–H and O–H groups in total. The molecule has 82 valence electrons. The number of phenols is 1. The lowest BCUT2D eigenvalue weighted by Gasteiger charge is -2.05. The zero-order valence-corrected chi connectivity index (χ0v) is 10.5. The van der Waals surface area contributed by atoms with E-state index in [1.54, 1.807) is 12.3 Å². The number of aromatic hydroxyl groups is 1. The van der Waals surface area contributed by atoms with Crippen LogP contribution in [0.1, 0.15) is 5.56 Å². The molecule has 0 fully saturated rings. The molecule has 15 heavy (non-hydrogen) atoms. The van der Waals surface area contributed by atoms with Crippen LogP contribution in [0.25, 0.3) is 0 Å². The first-order valence-electron chi connectivity index (χ1n) is 4.73. The summed E-state index contributed by atoms with van der Waals surface area (Å²) in [5.41, 5.74) is 0.739. The van der Waals surface area contributed by atoms with Gasteiger partial charge in [-0.25, -0.2) is 0 Å². The van der Waals surface area contributed by atoms with E-state index in [-0.39, 0.29) is 5.75 Å². The smallest absolute Gasteiger partial charge is 0.138 e. The lowest BCUT2D eigenvalue weighted by atomic mass is 10.2. The number of hydrogen-bond donors (Lipinski definition) is 1. The number of halogens is 1. The fourth-order valence-corrected chi connectivity index (χ4v) is 1.44. The Bertz CT molecular complexity index is 350. The number of para-hydroxylation sites is 1. The molecule has 0 aliphatic heterocycles. The maximum absolute atomic E-state index is 9.66. The Balaban J connectivity index is 2.60. The van der Waals surface area contributed by atoms with Crippen molar-refractivity contribution >= 4 is 22.1 Å². The Morgan fingerprint density at radius 2 is 2.20 bits per heavy atom. The van der Waals surface area contributed by atoms with E-state index in [1.165, 1.54) is 0 Å². The molecule has 1 rings (SSSR count). The molecule has 0 bridgehead atoms. The summed E-state index contributed by atoms with van der Waals surface area (Å²) in [5, 5.41) is 9.66. The second kappa shape index (κ2) is 5.88. The van der Waals surface area contributed by atoms with Gasteiger partial charge < -0.3 is 10.0 Å². The summed E-state index contributed by atoms with van der Waals surface area (Å²) in [7, 11) is 4.01. The molecule has 0 aliphatic carbocycles. The third-order valence-electron chi connectivity index (χ3n) is 1.92. The summed E-state index contributed by atoms with van der Waals surface area (Å²) in [5.74, 6) is 0.242. The minimum atomic E-state index is 0.242. The van der Waals surface area contributed by atoms with Crippen LogP contribution in [0, 0.1) is 0 Å². The monoisotopic (exact) mass is 270 g/mol. The van der Waals surface area contributed by atoms with Crippen molar-refractivity contribution in [3.05, 3.63) is 28.2 Å². The van der Waals surface area contributed by atoms with Gasteiger partial charge >= 0.3 is 0 Å². The van der Waals surface area contributed by atoms with Gasteiger partial charge in [0, 0.05) is 18.3 Å². The third kappa shape index (κ3) is 4.01. The molecule has 0 amide bonds. The van der Waals surface area contributed by atoms with Crippen LogP contribution >= 0.6 is 15.9 Å². The van der Waals surface area contributed by atoms with Crippen LogP contribution in [-0.2, 0) is 0 Å². The number of likely N-dealkylation sites (N-methyl/N-ethyl adjacent to an activating group) is 1. The highest BCUT2D eigenvalue weighted by atomic mass is 79.9. The van der Waals surface area contributed by atoms with Crippen LogP contribution in [-0.4, -0.2) is 43.4 Å². The Labute approximate surface area is 98.6 Å². The van der Waals surface area contributed by atoms with Gasteiger partial charge in [0.25, 0.3) is 0 Å². The van der Waals surface area contributed by atoms with Gasteiger partial charge in [-0.2, -0.15) is 0 Å². The standard InChI is InChI=1S/C11H15BrN2O/c1-14(2)7-6-13-8-9-4-3-5-10(12)11(9)15/h3-5,8,15H,6-7H2,1-2H3. The first-order valence-corrected chi connectivity index (χ1v) is 5.52. The highest BCUT2D eigenvalue weighted by molar-refractivity contribution is 9.10. The average Bonchev–Trinajstić information content (AvgIpc) is 2.18. The topological polar surface area (TPSA) is 35.8 Å². The Hall–Kier alpha value is -0.870. The number of hydrogen-bond acceptors (Lipinski definition) is 3. The van der Waals surface area contributed by atoms with Gasteiger partial charge in [0.05, 0.1) is 11.0 Å². The van der Waals surface area contributed by atoms with Crippen molar-refractivity contribution in [1.29, 1.82) is 0 Å². The summed E-state index contributed by atoms with van der Waals surface area (Å²) in [6.45, 7) is 1.64. The van der Waals surface area contributed by atoms with Gasteiger partial charge in [-0.05, 0) is 42.2 Å². The molecule has 0 aliphatic rings. The third-order valence-corrected chi connectivity index (χ3v) is 2.56. The first-order chi connectivity index (χ1) is 7.11. The highest BCUT2D eigenvalue weighted by Gasteiger charge is 2.00. The molecular formula is C11H15BrN2O. The number of benzene rings is 1. The molecular weight excluding hydrogens is 256 g/mol. The summed E-state index contributed by atoms with van der Waals surface area (Å²) in [6.07, 6.45) is 1.70. The molecule has 0 radical (unpaired) electrons. The van der Waals surface area contributed by atoms with E-state index in [9.17, 15) is 5.11 Å². The van der Waals surface area contributed by atoms with E-state index < -0.39 is 0 Å². The summed E-state index contributed by atoms with van der Waals surface area (Å²) < 4.78 is 0.694. The van der Waals surface area contributed by atoms with Crippen molar-refractivity contribution in [2.45, 2.75) is 0 Å². The normalized spacial score (nSPS) is 11.5. The molecule has 3 nitrogen and oxygen atoms in total. The van der Waals surface area contributed by atoms with Crippen molar-refractivity contribution in [2.24, 2.45) is 4.99 Å². The lowest BCUT2D eigenvalue weighted by Crippen LogP contribution is -2.15. The molecule has 0 heterocycles. The minimum absolute atomic E-state index is 0.242. The number of nitrogens with zero attached hydrogens (tertiary/aromatic N) is 2. The van der Waals surface area contributed by atoms with Crippen LogP contribution in [0.3, 0.4) is 0 Å². The summed E-state index contributed by atoms with van der Waals surface area (Å²) in [6, 6.07) is 5.50. The zero-order chi connectivity index (χ0) is 11.3. The van der Waals surface area contributed by atoms with E-state index in [2.05, 4.69) is 25.8 Å². The number of aliphatic imine (C=N–C) groups is 1. The maximum atomic E-state index is 9.66. The second-order valence-corrected chi connectivity index (χ2v) is 4.37. The minimum Gasteiger partial charge on any atom is -0.506 e. The average molecular weight is 271 g/mol. The lowest BCUT2D eigenvalue weighted by molar-refractivity contribution is 0.421. The molecule has 0 spiro atoms. The fourth-order valence-electron chi connectivity index (χ4n) is 1.06. The molecule has 0 aromatic heterocycles. The predicted molar refractivity (Wildman–Crippen MR) is 66.8 cm³/mol. The molecule has 0 atom stereocenters. The highest BCUT2D eigenvalue weighted by Crippen LogP contribution is 2.25. The van der Waals surface area contributed by atoms with Crippen LogP contribution in [0.2, 0.25) is 0 Å². The van der Waals surface area contributed by atoms with Crippen LogP contribution < -0.4 is 0 Å². The molecule has 0 saturated carbocycles. The largest absolute Gasteiger partial charge is 0.506 e. The van der Waals surface area contributed by atoms with E-state index in [1.807, 2.05) is 26.2 Å². The molecule has 1 aromatic rings. The SMILES string of the molecule is CN(C)CCN=Cc1cccc(Br)c1O. The number of phenolic OH excluding ortho intramolecular Hbond substituents is 1. The van der Waals surface area contributed by atoms with E-state index in [0.717, 1.165) is 18.7 Å². The van der Waals surface area contributed by atoms with Crippen LogP contribution in [0.15, 0.2) is 27.7 Å². The van der Waals surface area contributed by atoms with E-state index in [0.29, 0.717) is 4.47 Å². The quantitative estimate of drug-likeness (QED) is 0.852. The first kappa shape index (κ1) is 12.2. The molecule has 0 unspecified atom stereocenters. The van der Waals surface area contributed by atoms with Gasteiger partial charge in [-0.3, -0.25) is 4.99 Å². The van der Waals surface area contributed by atoms with Crippen molar-refractivity contribution in [3.8, 4) is 5.75 Å². The van der Waals surface area contributed by atoms with E-state index in [4.69, 9.17) is 0 Å². The van der Waals surface area contributed by atoms with Crippen LogP contribution in [0.4, 0.5) is 0 Å². The zero-order valence-electron chi connectivity index (χ0n) is 8.94. The van der Waals surface area contributed by atoms with Crippen molar-refractivity contribution in [3.63, 3.8) is 0 Å². The molecule has 0 saturated heterocycles. The van der Waals surface area contributed by atoms with Crippen molar-refractivity contribution < 1.29 is 5.11 Å². The molecule has 1 aromatic carbocycles. The van der Waals surface area contributed by atoms with Gasteiger partial charge in [0.15, 0.2) is 0 Å². The predicted octanol–water partition coefficient (Wildman–Crippen LogP) is 2.14. The summed E-state index contributed by atoms with van der Waals surface area (Å²) in [4.78, 5) is 6.30.